The number of nitrogens with zero attached hydrogens (tertiary/aromatic N) is 2. The van der Waals surface area contributed by atoms with E-state index in [1.807, 2.05) is 0 Å². The molecule has 3 nitrogen and oxygen atoms in total. The molecular formula is C25H32BrN3. The van der Waals surface area contributed by atoms with E-state index in [0.29, 0.717) is 16.9 Å². The number of allylic oxidation sites excluding steroid dienone is 4. The first-order valence-corrected chi connectivity index (χ1v) is 12.2. The van der Waals surface area contributed by atoms with Crippen LogP contribution in [0.5, 0.6) is 0 Å². The van der Waals surface area contributed by atoms with Crippen molar-refractivity contribution >= 4 is 27.0 Å². The molecule has 0 radical (unpaired) electrons. The predicted octanol–water partition coefficient (Wildman–Crippen LogP) is 6.16. The fourth-order valence-electron chi connectivity index (χ4n) is 5.74. The molecule has 1 heterocycles. The zero-order valence-electron chi connectivity index (χ0n) is 17.6. The topological polar surface area (TPSA) is 29.9 Å². The van der Waals surface area contributed by atoms with Gasteiger partial charge in [-0.05, 0) is 94.5 Å². The highest BCUT2D eigenvalue weighted by Gasteiger charge is 2.28. The number of imidazole rings is 1. The normalized spacial score (nSPS) is 29.6. The van der Waals surface area contributed by atoms with Crippen LogP contribution in [-0.2, 0) is 0 Å². The van der Waals surface area contributed by atoms with E-state index in [4.69, 9.17) is 4.98 Å². The SMILES string of the molecule is Cc1ccc2c(c1)nc(C)n2C1CCC(NC[C@H]2CC3=C(CC(Br)C=C3)C2)CC1. The zero-order chi connectivity index (χ0) is 20.0. The van der Waals surface area contributed by atoms with Gasteiger partial charge in [0.15, 0.2) is 0 Å². The standard InChI is InChI=1S/C25H32BrN3/c1-16-3-10-25-24(11-16)28-17(2)29(25)23-8-6-22(7-9-23)27-15-18-12-19-4-5-21(26)14-20(19)13-18/h3-5,10-11,18,21-23,27H,6-9,12-15H2,1-2H3/t18-,21?,22?,23?/m0/s1. The summed E-state index contributed by atoms with van der Waals surface area (Å²) in [7, 11) is 0. The number of hydrogen-bond acceptors (Lipinski definition) is 2. The average molecular weight is 454 g/mol. The quantitative estimate of drug-likeness (QED) is 0.561. The highest BCUT2D eigenvalue weighted by atomic mass is 79.9. The third kappa shape index (κ3) is 3.98. The molecule has 1 fully saturated rings. The van der Waals surface area contributed by atoms with Crippen LogP contribution in [0.3, 0.4) is 0 Å². The van der Waals surface area contributed by atoms with Crippen molar-refractivity contribution in [3.05, 3.63) is 52.9 Å². The van der Waals surface area contributed by atoms with E-state index in [9.17, 15) is 0 Å². The third-order valence-corrected chi connectivity index (χ3v) is 7.85. The van der Waals surface area contributed by atoms with Crippen molar-refractivity contribution in [2.45, 2.75) is 75.7 Å². The van der Waals surface area contributed by atoms with E-state index in [1.54, 1.807) is 11.1 Å². The lowest BCUT2D eigenvalue weighted by atomic mass is 9.90. The highest BCUT2D eigenvalue weighted by Crippen LogP contribution is 2.39. The largest absolute Gasteiger partial charge is 0.325 e. The van der Waals surface area contributed by atoms with Gasteiger partial charge < -0.3 is 9.88 Å². The lowest BCUT2D eigenvalue weighted by Gasteiger charge is -2.31. The Bertz CT molecular complexity index is 962. The summed E-state index contributed by atoms with van der Waals surface area (Å²) in [5.41, 5.74) is 7.07. The maximum Gasteiger partial charge on any atom is 0.106 e. The van der Waals surface area contributed by atoms with Gasteiger partial charge in [0.1, 0.15) is 5.82 Å². The summed E-state index contributed by atoms with van der Waals surface area (Å²) in [5, 5.41) is 3.92. The molecule has 5 rings (SSSR count). The van der Waals surface area contributed by atoms with Crippen LogP contribution in [0.25, 0.3) is 11.0 Å². The first-order valence-electron chi connectivity index (χ1n) is 11.3. The van der Waals surface area contributed by atoms with Crippen LogP contribution < -0.4 is 5.32 Å². The van der Waals surface area contributed by atoms with Crippen LogP contribution in [0.2, 0.25) is 0 Å². The van der Waals surface area contributed by atoms with Crippen molar-refractivity contribution in [1.82, 2.24) is 14.9 Å². The summed E-state index contributed by atoms with van der Waals surface area (Å²) in [6.07, 6.45) is 13.5. The molecule has 2 atom stereocenters. The van der Waals surface area contributed by atoms with E-state index < -0.39 is 0 Å². The molecule has 1 aromatic carbocycles. The van der Waals surface area contributed by atoms with Crippen LogP contribution >= 0.6 is 15.9 Å². The monoisotopic (exact) mass is 453 g/mol. The van der Waals surface area contributed by atoms with Crippen LogP contribution in [0, 0.1) is 19.8 Å². The lowest BCUT2D eigenvalue weighted by molar-refractivity contribution is 0.283. The predicted molar refractivity (Wildman–Crippen MR) is 125 cm³/mol. The molecule has 0 aliphatic heterocycles. The fraction of sp³-hybridized carbons (Fsp3) is 0.560. The molecule has 0 saturated heterocycles. The maximum absolute atomic E-state index is 4.83. The van der Waals surface area contributed by atoms with Gasteiger partial charge in [0, 0.05) is 16.9 Å². The van der Waals surface area contributed by atoms with Gasteiger partial charge in [-0.3, -0.25) is 0 Å². The second-order valence-electron chi connectivity index (χ2n) is 9.42. The molecular weight excluding hydrogens is 422 g/mol. The number of halogens is 1. The van der Waals surface area contributed by atoms with Crippen molar-refractivity contribution < 1.29 is 0 Å². The summed E-state index contributed by atoms with van der Waals surface area (Å²) in [4.78, 5) is 5.38. The second-order valence-corrected chi connectivity index (χ2v) is 10.6. The third-order valence-electron chi connectivity index (χ3n) is 7.22. The Morgan fingerprint density at radius 3 is 2.76 bits per heavy atom. The molecule has 4 heteroatoms. The Balaban J connectivity index is 1.15. The van der Waals surface area contributed by atoms with Crippen molar-refractivity contribution in [1.29, 1.82) is 0 Å². The Hall–Kier alpha value is -1.39. The van der Waals surface area contributed by atoms with E-state index in [-0.39, 0.29) is 0 Å². The highest BCUT2D eigenvalue weighted by molar-refractivity contribution is 9.09. The minimum Gasteiger partial charge on any atom is -0.325 e. The molecule has 1 aromatic heterocycles. The number of rotatable bonds is 4. The van der Waals surface area contributed by atoms with E-state index in [0.717, 1.165) is 11.4 Å². The van der Waals surface area contributed by atoms with Crippen molar-refractivity contribution in [3.8, 4) is 0 Å². The zero-order valence-corrected chi connectivity index (χ0v) is 19.2. The number of benzene rings is 1. The Morgan fingerprint density at radius 1 is 1.10 bits per heavy atom. The Kier molecular flexibility index (Phi) is 5.42. The second kappa shape index (κ2) is 8.03. The van der Waals surface area contributed by atoms with Gasteiger partial charge >= 0.3 is 0 Å². The number of nitrogens with one attached hydrogen (secondary N) is 1. The van der Waals surface area contributed by atoms with Crippen LogP contribution in [0.1, 0.15) is 62.4 Å². The van der Waals surface area contributed by atoms with Gasteiger partial charge in [-0.2, -0.15) is 0 Å². The minimum atomic E-state index is 0.551. The maximum atomic E-state index is 4.83. The van der Waals surface area contributed by atoms with Gasteiger partial charge in [-0.25, -0.2) is 4.98 Å². The van der Waals surface area contributed by atoms with E-state index in [2.05, 4.69) is 70.0 Å². The van der Waals surface area contributed by atoms with Crippen molar-refractivity contribution in [3.63, 3.8) is 0 Å². The first-order chi connectivity index (χ1) is 14.1. The summed E-state index contributed by atoms with van der Waals surface area (Å²) in [6, 6.07) is 7.97. The van der Waals surface area contributed by atoms with Crippen LogP contribution in [0.15, 0.2) is 41.5 Å². The first kappa shape index (κ1) is 19.6. The van der Waals surface area contributed by atoms with Gasteiger partial charge in [-0.1, -0.05) is 39.7 Å². The van der Waals surface area contributed by atoms with Crippen molar-refractivity contribution in [2.75, 3.05) is 6.54 Å². The molecule has 0 amide bonds. The molecule has 0 bridgehead atoms. The molecule has 2 aromatic rings. The molecule has 1 N–H and O–H groups in total. The smallest absolute Gasteiger partial charge is 0.106 e. The van der Waals surface area contributed by atoms with Gasteiger partial charge in [0.2, 0.25) is 0 Å². The lowest BCUT2D eigenvalue weighted by Crippen LogP contribution is -2.36. The number of hydrogen-bond donors (Lipinski definition) is 1. The number of aromatic nitrogens is 2. The Labute approximate surface area is 182 Å². The van der Waals surface area contributed by atoms with Crippen LogP contribution in [-0.4, -0.2) is 27.0 Å². The molecule has 1 saturated carbocycles. The van der Waals surface area contributed by atoms with Crippen LogP contribution in [0.4, 0.5) is 0 Å². The summed E-state index contributed by atoms with van der Waals surface area (Å²) in [6.45, 7) is 5.49. The number of aryl methyl sites for hydroxylation is 2. The minimum absolute atomic E-state index is 0.551. The van der Waals surface area contributed by atoms with Gasteiger partial charge in [-0.15, -0.1) is 0 Å². The molecule has 0 spiro atoms. The average Bonchev–Trinajstić information content (AvgIpc) is 3.25. The Morgan fingerprint density at radius 2 is 1.93 bits per heavy atom. The molecule has 3 aliphatic rings. The number of fused-ring (bicyclic) bond motifs is 1. The van der Waals surface area contributed by atoms with E-state index >= 15 is 0 Å². The number of alkyl halides is 1. The summed E-state index contributed by atoms with van der Waals surface area (Å²) >= 11 is 3.75. The van der Waals surface area contributed by atoms with Gasteiger partial charge in [0.25, 0.3) is 0 Å². The molecule has 3 aliphatic carbocycles. The molecule has 154 valence electrons. The van der Waals surface area contributed by atoms with E-state index in [1.165, 1.54) is 68.4 Å². The van der Waals surface area contributed by atoms with Gasteiger partial charge in [0.05, 0.1) is 11.0 Å². The summed E-state index contributed by atoms with van der Waals surface area (Å²) in [5.74, 6) is 1.96. The summed E-state index contributed by atoms with van der Waals surface area (Å²) < 4.78 is 2.50. The fourth-order valence-corrected chi connectivity index (χ4v) is 6.28. The molecule has 1 unspecified atom stereocenters. The van der Waals surface area contributed by atoms with Crippen molar-refractivity contribution in [2.24, 2.45) is 5.92 Å². The molecule has 29 heavy (non-hydrogen) atoms.